The van der Waals surface area contributed by atoms with Crippen molar-refractivity contribution >= 4 is 24.0 Å². The minimum absolute atomic E-state index is 0.429. The number of rotatable bonds is 2. The predicted octanol–water partition coefficient (Wildman–Crippen LogP) is 1.95. The van der Waals surface area contributed by atoms with E-state index < -0.39 is 0 Å². The van der Waals surface area contributed by atoms with Crippen LogP contribution in [0.2, 0.25) is 5.15 Å². The van der Waals surface area contributed by atoms with Gasteiger partial charge in [-0.2, -0.15) is 0 Å². The number of nitrogens with zero attached hydrogens (tertiary/aromatic N) is 1. The van der Waals surface area contributed by atoms with Gasteiger partial charge >= 0.3 is 0 Å². The summed E-state index contributed by atoms with van der Waals surface area (Å²) in [4.78, 5) is 13.7. The van der Waals surface area contributed by atoms with Gasteiger partial charge in [0.05, 0.1) is 0 Å². The Morgan fingerprint density at radius 2 is 2.36 bits per heavy atom. The van der Waals surface area contributed by atoms with E-state index in [0.717, 1.165) is 5.56 Å². The second-order valence-corrected chi connectivity index (χ2v) is 2.29. The first-order chi connectivity index (χ1) is 5.33. The van der Waals surface area contributed by atoms with E-state index in [1.165, 1.54) is 6.08 Å². The molecule has 0 atom stereocenters. The van der Waals surface area contributed by atoms with Crippen LogP contribution in [-0.2, 0) is 4.79 Å². The Hall–Kier alpha value is -1.15. The number of halogens is 1. The molecule has 0 radical (unpaired) electrons. The Balaban J connectivity index is 2.87. The standard InChI is InChI=1S/C8H6ClNO/c9-8-6-7(2-1-5-11)3-4-10-8/h1-6H/b2-1+. The van der Waals surface area contributed by atoms with Crippen molar-refractivity contribution in [3.8, 4) is 0 Å². The van der Waals surface area contributed by atoms with Gasteiger partial charge in [0, 0.05) is 6.20 Å². The van der Waals surface area contributed by atoms with Gasteiger partial charge in [-0.1, -0.05) is 17.7 Å². The molecule has 2 nitrogen and oxygen atoms in total. The van der Waals surface area contributed by atoms with Crippen molar-refractivity contribution in [1.29, 1.82) is 0 Å². The van der Waals surface area contributed by atoms with E-state index >= 15 is 0 Å². The molecule has 11 heavy (non-hydrogen) atoms. The van der Waals surface area contributed by atoms with Crippen LogP contribution in [0.25, 0.3) is 6.08 Å². The molecule has 1 heterocycles. The molecular formula is C8H6ClNO. The molecule has 0 aromatic carbocycles. The highest BCUT2D eigenvalue weighted by atomic mass is 35.5. The number of pyridine rings is 1. The molecule has 0 N–H and O–H groups in total. The minimum Gasteiger partial charge on any atom is -0.299 e. The van der Waals surface area contributed by atoms with Crippen molar-refractivity contribution in [3.63, 3.8) is 0 Å². The number of hydrogen-bond donors (Lipinski definition) is 0. The molecular weight excluding hydrogens is 162 g/mol. The Kier molecular flexibility index (Phi) is 2.81. The maximum Gasteiger partial charge on any atom is 0.142 e. The third kappa shape index (κ3) is 2.51. The quantitative estimate of drug-likeness (QED) is 0.383. The zero-order chi connectivity index (χ0) is 8.10. The SMILES string of the molecule is O=C/C=C/c1ccnc(Cl)c1. The first kappa shape index (κ1) is 7.95. The predicted molar refractivity (Wildman–Crippen MR) is 44.3 cm³/mol. The van der Waals surface area contributed by atoms with Gasteiger partial charge in [-0.25, -0.2) is 4.98 Å². The number of aldehydes is 1. The summed E-state index contributed by atoms with van der Waals surface area (Å²) >= 11 is 5.59. The molecule has 0 aliphatic heterocycles. The van der Waals surface area contributed by atoms with Gasteiger partial charge in [0.25, 0.3) is 0 Å². The van der Waals surface area contributed by atoms with Gasteiger partial charge in [-0.3, -0.25) is 4.79 Å². The van der Waals surface area contributed by atoms with Gasteiger partial charge < -0.3 is 0 Å². The monoisotopic (exact) mass is 167 g/mol. The van der Waals surface area contributed by atoms with Gasteiger partial charge in [-0.05, 0) is 23.8 Å². The summed E-state index contributed by atoms with van der Waals surface area (Å²) in [7, 11) is 0. The summed E-state index contributed by atoms with van der Waals surface area (Å²) < 4.78 is 0. The van der Waals surface area contributed by atoms with E-state index in [9.17, 15) is 4.79 Å². The maximum absolute atomic E-state index is 9.93. The number of carbonyl (C=O) groups excluding carboxylic acids is 1. The van der Waals surface area contributed by atoms with Crippen LogP contribution in [0.15, 0.2) is 24.4 Å². The van der Waals surface area contributed by atoms with Crippen molar-refractivity contribution < 1.29 is 4.79 Å². The van der Waals surface area contributed by atoms with Crippen LogP contribution in [0.1, 0.15) is 5.56 Å². The Morgan fingerprint density at radius 3 is 3.00 bits per heavy atom. The van der Waals surface area contributed by atoms with E-state index in [2.05, 4.69) is 4.98 Å². The molecule has 0 bridgehead atoms. The van der Waals surface area contributed by atoms with Gasteiger partial charge in [0.15, 0.2) is 0 Å². The Labute approximate surface area is 69.5 Å². The topological polar surface area (TPSA) is 30.0 Å². The molecule has 1 rings (SSSR count). The molecule has 0 amide bonds. The van der Waals surface area contributed by atoms with E-state index in [0.29, 0.717) is 11.4 Å². The van der Waals surface area contributed by atoms with Gasteiger partial charge in [-0.15, -0.1) is 0 Å². The maximum atomic E-state index is 9.93. The van der Waals surface area contributed by atoms with Crippen LogP contribution >= 0.6 is 11.6 Å². The summed E-state index contributed by atoms with van der Waals surface area (Å²) in [6, 6.07) is 3.45. The smallest absolute Gasteiger partial charge is 0.142 e. The summed E-state index contributed by atoms with van der Waals surface area (Å²) in [5, 5.41) is 0.429. The highest BCUT2D eigenvalue weighted by molar-refractivity contribution is 6.29. The van der Waals surface area contributed by atoms with E-state index in [-0.39, 0.29) is 0 Å². The summed E-state index contributed by atoms with van der Waals surface area (Å²) in [6.45, 7) is 0. The normalized spacial score (nSPS) is 10.3. The number of allylic oxidation sites excluding steroid dienone is 1. The second-order valence-electron chi connectivity index (χ2n) is 1.91. The van der Waals surface area contributed by atoms with E-state index in [1.54, 1.807) is 24.4 Å². The van der Waals surface area contributed by atoms with Crippen LogP contribution in [0.5, 0.6) is 0 Å². The fourth-order valence-electron chi connectivity index (χ4n) is 0.672. The highest BCUT2D eigenvalue weighted by Gasteiger charge is 1.88. The third-order valence-corrected chi connectivity index (χ3v) is 1.32. The summed E-state index contributed by atoms with van der Waals surface area (Å²) in [6.07, 6.45) is 5.38. The molecule has 0 aliphatic rings. The van der Waals surface area contributed by atoms with Gasteiger partial charge in [0.1, 0.15) is 11.4 Å². The second kappa shape index (κ2) is 3.88. The lowest BCUT2D eigenvalue weighted by Crippen LogP contribution is -1.75. The minimum atomic E-state index is 0.429. The lowest BCUT2D eigenvalue weighted by atomic mass is 10.2. The number of carbonyl (C=O) groups is 1. The molecule has 56 valence electrons. The Morgan fingerprint density at radius 1 is 1.55 bits per heavy atom. The number of aromatic nitrogens is 1. The molecule has 0 unspecified atom stereocenters. The fraction of sp³-hybridized carbons (Fsp3) is 0. The first-order valence-corrected chi connectivity index (χ1v) is 3.44. The van der Waals surface area contributed by atoms with Gasteiger partial charge in [0.2, 0.25) is 0 Å². The summed E-state index contributed by atoms with van der Waals surface area (Å²) in [5.74, 6) is 0. The van der Waals surface area contributed by atoms with Crippen LogP contribution < -0.4 is 0 Å². The Bertz CT molecular complexity index is 283. The number of hydrogen-bond acceptors (Lipinski definition) is 2. The average molecular weight is 168 g/mol. The zero-order valence-electron chi connectivity index (χ0n) is 5.70. The van der Waals surface area contributed by atoms with Crippen LogP contribution in [-0.4, -0.2) is 11.3 Å². The van der Waals surface area contributed by atoms with Crippen molar-refractivity contribution in [3.05, 3.63) is 35.1 Å². The highest BCUT2D eigenvalue weighted by Crippen LogP contribution is 2.07. The third-order valence-electron chi connectivity index (χ3n) is 1.12. The fourth-order valence-corrected chi connectivity index (χ4v) is 0.854. The first-order valence-electron chi connectivity index (χ1n) is 3.06. The molecule has 3 heteroatoms. The van der Waals surface area contributed by atoms with Crippen molar-refractivity contribution in [2.45, 2.75) is 0 Å². The molecule has 0 fully saturated rings. The largest absolute Gasteiger partial charge is 0.299 e. The lowest BCUT2D eigenvalue weighted by molar-refractivity contribution is -0.104. The zero-order valence-corrected chi connectivity index (χ0v) is 6.45. The van der Waals surface area contributed by atoms with Crippen molar-refractivity contribution in [2.75, 3.05) is 0 Å². The van der Waals surface area contributed by atoms with Crippen molar-refractivity contribution in [2.24, 2.45) is 0 Å². The van der Waals surface area contributed by atoms with Crippen LogP contribution in [0.4, 0.5) is 0 Å². The molecule has 1 aromatic rings. The molecule has 0 aliphatic carbocycles. The van der Waals surface area contributed by atoms with Crippen molar-refractivity contribution in [1.82, 2.24) is 4.98 Å². The molecule has 0 saturated carbocycles. The van der Waals surface area contributed by atoms with E-state index in [4.69, 9.17) is 11.6 Å². The lowest BCUT2D eigenvalue weighted by Gasteiger charge is -1.90. The summed E-state index contributed by atoms with van der Waals surface area (Å²) in [5.41, 5.74) is 0.872. The van der Waals surface area contributed by atoms with Crippen LogP contribution in [0.3, 0.4) is 0 Å². The molecule has 1 aromatic heterocycles. The molecule has 0 spiro atoms. The van der Waals surface area contributed by atoms with E-state index in [1.807, 2.05) is 0 Å². The van der Waals surface area contributed by atoms with Crippen LogP contribution in [0, 0.1) is 0 Å². The average Bonchev–Trinajstić information content (AvgIpc) is 2.01. The molecule has 0 saturated heterocycles.